The van der Waals surface area contributed by atoms with Crippen molar-refractivity contribution in [3.05, 3.63) is 29.6 Å². The Morgan fingerprint density at radius 2 is 2.33 bits per heavy atom. The van der Waals surface area contributed by atoms with E-state index in [-0.39, 0.29) is 11.9 Å². The third-order valence-corrected chi connectivity index (χ3v) is 2.56. The maximum Gasteiger partial charge on any atom is 0.126 e. The van der Waals surface area contributed by atoms with Crippen LogP contribution in [0.1, 0.15) is 18.4 Å². The highest BCUT2D eigenvalue weighted by Crippen LogP contribution is 2.22. The van der Waals surface area contributed by atoms with E-state index in [2.05, 4.69) is 0 Å². The fraction of sp³-hybridized carbons (Fsp3) is 0.500. The topological polar surface area (TPSA) is 18.5 Å². The first kappa shape index (κ1) is 10.4. The highest BCUT2D eigenvalue weighted by molar-refractivity contribution is 5.32. The van der Waals surface area contributed by atoms with Gasteiger partial charge in [-0.25, -0.2) is 4.39 Å². The number of benzene rings is 1. The molecule has 1 aliphatic rings. The summed E-state index contributed by atoms with van der Waals surface area (Å²) in [6.45, 7) is 3.33. The molecule has 1 heterocycles. The summed E-state index contributed by atoms with van der Waals surface area (Å²) in [5.41, 5.74) is 0.960. The van der Waals surface area contributed by atoms with Crippen molar-refractivity contribution >= 4 is 0 Å². The Labute approximate surface area is 89.0 Å². The van der Waals surface area contributed by atoms with Crippen molar-refractivity contribution in [3.63, 3.8) is 0 Å². The van der Waals surface area contributed by atoms with Crippen LogP contribution >= 0.6 is 0 Å². The molecule has 1 aliphatic heterocycles. The van der Waals surface area contributed by atoms with E-state index in [1.165, 1.54) is 12.1 Å². The van der Waals surface area contributed by atoms with Crippen molar-refractivity contribution in [3.8, 4) is 5.75 Å². The lowest BCUT2D eigenvalue weighted by Crippen LogP contribution is -2.28. The van der Waals surface area contributed by atoms with Gasteiger partial charge in [-0.1, -0.05) is 6.07 Å². The molecule has 0 bridgehead atoms. The number of rotatable bonds is 2. The van der Waals surface area contributed by atoms with E-state index in [4.69, 9.17) is 9.47 Å². The Morgan fingerprint density at radius 3 is 3.07 bits per heavy atom. The van der Waals surface area contributed by atoms with Crippen LogP contribution in [0, 0.1) is 12.7 Å². The number of aryl methyl sites for hydroxylation is 1. The quantitative estimate of drug-likeness (QED) is 0.747. The molecule has 0 aromatic heterocycles. The standard InChI is InChI=1S/C12H15FO2/c1-9-4-5-10(13)7-12(9)15-11-3-2-6-14-8-11/h4-5,7,11H,2-3,6,8H2,1H3. The number of halogens is 1. The SMILES string of the molecule is Cc1ccc(F)cc1OC1CCCOC1. The summed E-state index contributed by atoms with van der Waals surface area (Å²) in [7, 11) is 0. The molecule has 1 atom stereocenters. The molecule has 0 N–H and O–H groups in total. The molecule has 1 unspecified atom stereocenters. The summed E-state index contributed by atoms with van der Waals surface area (Å²) in [6.07, 6.45) is 2.06. The van der Waals surface area contributed by atoms with Gasteiger partial charge in [0.1, 0.15) is 17.7 Å². The zero-order valence-electron chi connectivity index (χ0n) is 8.83. The van der Waals surface area contributed by atoms with Crippen molar-refractivity contribution in [1.82, 2.24) is 0 Å². The van der Waals surface area contributed by atoms with E-state index >= 15 is 0 Å². The molecule has 2 rings (SSSR count). The summed E-state index contributed by atoms with van der Waals surface area (Å²) in [5.74, 6) is 0.373. The van der Waals surface area contributed by atoms with Gasteiger partial charge in [-0.15, -0.1) is 0 Å². The molecule has 0 aliphatic carbocycles. The summed E-state index contributed by atoms with van der Waals surface area (Å²) in [5, 5.41) is 0. The highest BCUT2D eigenvalue weighted by atomic mass is 19.1. The minimum absolute atomic E-state index is 0.0687. The van der Waals surface area contributed by atoms with E-state index in [0.717, 1.165) is 25.0 Å². The normalized spacial score (nSPS) is 21.3. The first-order valence-corrected chi connectivity index (χ1v) is 5.26. The summed E-state index contributed by atoms with van der Waals surface area (Å²) >= 11 is 0. The maximum absolute atomic E-state index is 13.0. The number of hydrogen-bond acceptors (Lipinski definition) is 2. The molecule has 0 amide bonds. The van der Waals surface area contributed by atoms with Crippen LogP contribution in [-0.4, -0.2) is 19.3 Å². The first-order chi connectivity index (χ1) is 7.25. The fourth-order valence-electron chi connectivity index (χ4n) is 1.68. The van der Waals surface area contributed by atoms with Crippen LogP contribution in [0.2, 0.25) is 0 Å². The van der Waals surface area contributed by atoms with E-state index in [0.29, 0.717) is 12.4 Å². The molecule has 1 saturated heterocycles. The van der Waals surface area contributed by atoms with Gasteiger partial charge in [0.25, 0.3) is 0 Å². The lowest BCUT2D eigenvalue weighted by Gasteiger charge is -2.24. The molecular formula is C12H15FO2. The first-order valence-electron chi connectivity index (χ1n) is 5.26. The Balaban J connectivity index is 2.05. The second kappa shape index (κ2) is 4.62. The molecule has 0 saturated carbocycles. The monoisotopic (exact) mass is 210 g/mol. The Hall–Kier alpha value is -1.09. The van der Waals surface area contributed by atoms with E-state index in [1.807, 2.05) is 6.92 Å². The molecular weight excluding hydrogens is 195 g/mol. The Morgan fingerprint density at radius 1 is 1.47 bits per heavy atom. The van der Waals surface area contributed by atoms with Gasteiger partial charge in [0, 0.05) is 12.7 Å². The predicted molar refractivity (Wildman–Crippen MR) is 55.6 cm³/mol. The third kappa shape index (κ3) is 2.69. The van der Waals surface area contributed by atoms with Crippen molar-refractivity contribution in [2.24, 2.45) is 0 Å². The largest absolute Gasteiger partial charge is 0.488 e. The van der Waals surface area contributed by atoms with Gasteiger partial charge in [-0.3, -0.25) is 0 Å². The molecule has 2 nitrogen and oxygen atoms in total. The van der Waals surface area contributed by atoms with Crippen LogP contribution in [0.4, 0.5) is 4.39 Å². The van der Waals surface area contributed by atoms with Crippen LogP contribution in [0.3, 0.4) is 0 Å². The van der Waals surface area contributed by atoms with Crippen LogP contribution in [0.25, 0.3) is 0 Å². The zero-order chi connectivity index (χ0) is 10.7. The van der Waals surface area contributed by atoms with Gasteiger partial charge in [-0.2, -0.15) is 0 Å². The van der Waals surface area contributed by atoms with Crippen LogP contribution in [0.5, 0.6) is 5.75 Å². The van der Waals surface area contributed by atoms with Gasteiger partial charge in [0.2, 0.25) is 0 Å². The maximum atomic E-state index is 13.0. The average Bonchev–Trinajstić information content (AvgIpc) is 2.25. The van der Waals surface area contributed by atoms with Crippen molar-refractivity contribution in [2.45, 2.75) is 25.9 Å². The number of ether oxygens (including phenoxy) is 2. The van der Waals surface area contributed by atoms with Crippen LogP contribution < -0.4 is 4.74 Å². The second-order valence-corrected chi connectivity index (χ2v) is 3.87. The third-order valence-electron chi connectivity index (χ3n) is 2.56. The van der Waals surface area contributed by atoms with Gasteiger partial charge < -0.3 is 9.47 Å². The van der Waals surface area contributed by atoms with Crippen molar-refractivity contribution in [2.75, 3.05) is 13.2 Å². The van der Waals surface area contributed by atoms with Gasteiger partial charge in [0.15, 0.2) is 0 Å². The smallest absolute Gasteiger partial charge is 0.126 e. The zero-order valence-corrected chi connectivity index (χ0v) is 8.83. The molecule has 0 spiro atoms. The average molecular weight is 210 g/mol. The summed E-state index contributed by atoms with van der Waals surface area (Å²) in [4.78, 5) is 0. The minimum atomic E-state index is -0.257. The molecule has 15 heavy (non-hydrogen) atoms. The molecule has 1 aromatic rings. The Kier molecular flexibility index (Phi) is 3.21. The van der Waals surface area contributed by atoms with E-state index in [9.17, 15) is 4.39 Å². The molecule has 82 valence electrons. The highest BCUT2D eigenvalue weighted by Gasteiger charge is 2.16. The lowest BCUT2D eigenvalue weighted by molar-refractivity contribution is 0.00703. The van der Waals surface area contributed by atoms with Gasteiger partial charge >= 0.3 is 0 Å². The second-order valence-electron chi connectivity index (χ2n) is 3.87. The minimum Gasteiger partial charge on any atom is -0.488 e. The predicted octanol–water partition coefficient (Wildman–Crippen LogP) is 2.69. The van der Waals surface area contributed by atoms with E-state index < -0.39 is 0 Å². The molecule has 3 heteroatoms. The van der Waals surface area contributed by atoms with Crippen LogP contribution in [-0.2, 0) is 4.74 Å². The lowest BCUT2D eigenvalue weighted by atomic mass is 10.1. The van der Waals surface area contributed by atoms with Crippen molar-refractivity contribution < 1.29 is 13.9 Å². The molecule has 1 aromatic carbocycles. The fourth-order valence-corrected chi connectivity index (χ4v) is 1.68. The van der Waals surface area contributed by atoms with Crippen LogP contribution in [0.15, 0.2) is 18.2 Å². The van der Waals surface area contributed by atoms with E-state index in [1.54, 1.807) is 6.07 Å². The van der Waals surface area contributed by atoms with Crippen molar-refractivity contribution in [1.29, 1.82) is 0 Å². The summed E-state index contributed by atoms with van der Waals surface area (Å²) < 4.78 is 24.0. The Bertz CT molecular complexity index is 332. The number of hydrogen-bond donors (Lipinski definition) is 0. The van der Waals surface area contributed by atoms with Gasteiger partial charge in [0.05, 0.1) is 6.61 Å². The summed E-state index contributed by atoms with van der Waals surface area (Å²) in [6, 6.07) is 4.61. The van der Waals surface area contributed by atoms with Gasteiger partial charge in [-0.05, 0) is 31.4 Å². The molecule has 1 fully saturated rings. The molecule has 0 radical (unpaired) electrons.